The summed E-state index contributed by atoms with van der Waals surface area (Å²) in [5.74, 6) is 0.237. The number of ether oxygens (including phenoxy) is 1. The number of ketones is 1. The molecule has 0 aliphatic rings. The number of aryl methyl sites for hydroxylation is 1. The van der Waals surface area contributed by atoms with Crippen molar-refractivity contribution < 1.29 is 9.53 Å². The lowest BCUT2D eigenvalue weighted by molar-refractivity contribution is 0.103. The largest absolute Gasteiger partial charge is 0.492 e. The van der Waals surface area contributed by atoms with Gasteiger partial charge in [-0.2, -0.15) is 0 Å². The molecule has 2 aromatic carbocycles. The van der Waals surface area contributed by atoms with E-state index in [4.69, 9.17) is 33.7 Å². The third kappa shape index (κ3) is 3.31. The summed E-state index contributed by atoms with van der Waals surface area (Å²) >= 11 is 12.3. The topological polar surface area (TPSA) is 52.3 Å². The molecular formula is C16H15Cl2NO2. The van der Waals surface area contributed by atoms with E-state index in [1.165, 1.54) is 6.07 Å². The number of benzene rings is 2. The second kappa shape index (κ2) is 6.37. The van der Waals surface area contributed by atoms with Crippen molar-refractivity contribution in [2.75, 3.05) is 12.3 Å². The molecule has 21 heavy (non-hydrogen) atoms. The van der Waals surface area contributed by atoms with E-state index in [0.717, 1.165) is 5.56 Å². The maximum atomic E-state index is 12.5. The minimum absolute atomic E-state index is 0.225. The van der Waals surface area contributed by atoms with Gasteiger partial charge in [0, 0.05) is 22.9 Å². The van der Waals surface area contributed by atoms with Crippen molar-refractivity contribution in [3.05, 3.63) is 57.1 Å². The van der Waals surface area contributed by atoms with Gasteiger partial charge in [0.05, 0.1) is 16.7 Å². The number of carbonyl (C=O) groups is 1. The van der Waals surface area contributed by atoms with E-state index in [0.29, 0.717) is 39.2 Å². The van der Waals surface area contributed by atoms with Crippen molar-refractivity contribution in [2.45, 2.75) is 13.8 Å². The minimum Gasteiger partial charge on any atom is -0.492 e. The van der Waals surface area contributed by atoms with Crippen LogP contribution in [-0.2, 0) is 0 Å². The maximum Gasteiger partial charge on any atom is 0.194 e. The van der Waals surface area contributed by atoms with E-state index in [9.17, 15) is 4.79 Å². The number of anilines is 1. The highest BCUT2D eigenvalue weighted by Crippen LogP contribution is 2.32. The third-order valence-corrected chi connectivity index (χ3v) is 3.72. The lowest BCUT2D eigenvalue weighted by Gasteiger charge is -2.10. The Morgan fingerprint density at radius 2 is 1.90 bits per heavy atom. The van der Waals surface area contributed by atoms with Crippen molar-refractivity contribution in [1.29, 1.82) is 0 Å². The van der Waals surface area contributed by atoms with Crippen molar-refractivity contribution in [3.8, 4) is 5.75 Å². The smallest absolute Gasteiger partial charge is 0.194 e. The number of rotatable bonds is 4. The molecule has 0 radical (unpaired) electrons. The first kappa shape index (κ1) is 15.7. The highest BCUT2D eigenvalue weighted by Gasteiger charge is 2.17. The number of hydrogen-bond acceptors (Lipinski definition) is 3. The van der Waals surface area contributed by atoms with Crippen LogP contribution < -0.4 is 10.5 Å². The van der Waals surface area contributed by atoms with Gasteiger partial charge in [-0.05, 0) is 31.5 Å². The lowest BCUT2D eigenvalue weighted by atomic mass is 10.0. The van der Waals surface area contributed by atoms with Gasteiger partial charge in [0.15, 0.2) is 5.78 Å². The van der Waals surface area contributed by atoms with E-state index in [1.54, 1.807) is 24.3 Å². The lowest BCUT2D eigenvalue weighted by Crippen LogP contribution is -2.04. The highest BCUT2D eigenvalue weighted by molar-refractivity contribution is 6.37. The molecule has 0 atom stereocenters. The van der Waals surface area contributed by atoms with Gasteiger partial charge in [-0.15, -0.1) is 0 Å². The summed E-state index contributed by atoms with van der Waals surface area (Å²) in [4.78, 5) is 12.5. The monoisotopic (exact) mass is 323 g/mol. The Kier molecular flexibility index (Phi) is 4.76. The fourth-order valence-electron chi connectivity index (χ4n) is 1.91. The second-order valence-electron chi connectivity index (χ2n) is 4.60. The van der Waals surface area contributed by atoms with Crippen LogP contribution in [0.15, 0.2) is 30.3 Å². The van der Waals surface area contributed by atoms with E-state index in [1.807, 2.05) is 13.8 Å². The van der Waals surface area contributed by atoms with Crippen molar-refractivity contribution in [1.82, 2.24) is 0 Å². The average Bonchev–Trinajstić information content (AvgIpc) is 2.45. The molecule has 0 saturated carbocycles. The van der Waals surface area contributed by atoms with Crippen LogP contribution in [0.1, 0.15) is 28.4 Å². The van der Waals surface area contributed by atoms with Gasteiger partial charge in [-0.1, -0.05) is 35.3 Å². The Morgan fingerprint density at radius 1 is 1.19 bits per heavy atom. The molecule has 0 amide bonds. The molecule has 2 N–H and O–H groups in total. The van der Waals surface area contributed by atoms with Crippen LogP contribution in [0.5, 0.6) is 5.75 Å². The number of carbonyl (C=O) groups excluding carboxylic acids is 1. The summed E-state index contributed by atoms with van der Waals surface area (Å²) in [5.41, 5.74) is 8.12. The summed E-state index contributed by atoms with van der Waals surface area (Å²) < 4.78 is 5.35. The standard InChI is InChI=1S/C16H15Cl2NO2/c1-3-21-15-8-12(17)11(7-13(15)18)16(20)10-5-4-9(2)14(19)6-10/h4-8H,3,19H2,1-2H3. The summed E-state index contributed by atoms with van der Waals surface area (Å²) in [6, 6.07) is 8.23. The Bertz CT molecular complexity index is 699. The molecular weight excluding hydrogens is 309 g/mol. The molecule has 0 bridgehead atoms. The first-order valence-electron chi connectivity index (χ1n) is 6.46. The van der Waals surface area contributed by atoms with Gasteiger partial charge >= 0.3 is 0 Å². The Morgan fingerprint density at radius 3 is 2.52 bits per heavy atom. The zero-order chi connectivity index (χ0) is 15.6. The molecule has 5 heteroatoms. The van der Waals surface area contributed by atoms with Crippen molar-refractivity contribution in [3.63, 3.8) is 0 Å². The molecule has 0 spiro atoms. The molecule has 0 aliphatic heterocycles. The number of nitrogens with two attached hydrogens (primary N) is 1. The van der Waals surface area contributed by atoms with Gasteiger partial charge in [0.2, 0.25) is 0 Å². The number of hydrogen-bond donors (Lipinski definition) is 1. The van der Waals surface area contributed by atoms with E-state index in [-0.39, 0.29) is 5.78 Å². The van der Waals surface area contributed by atoms with Crippen LogP contribution in [-0.4, -0.2) is 12.4 Å². The van der Waals surface area contributed by atoms with Gasteiger partial charge < -0.3 is 10.5 Å². The maximum absolute atomic E-state index is 12.5. The molecule has 0 unspecified atom stereocenters. The zero-order valence-electron chi connectivity index (χ0n) is 11.7. The van der Waals surface area contributed by atoms with Crippen molar-refractivity contribution in [2.24, 2.45) is 0 Å². The number of nitrogen functional groups attached to an aromatic ring is 1. The predicted octanol–water partition coefficient (Wildman–Crippen LogP) is 4.51. The van der Waals surface area contributed by atoms with E-state index >= 15 is 0 Å². The van der Waals surface area contributed by atoms with Gasteiger partial charge in [-0.25, -0.2) is 0 Å². The molecule has 0 aromatic heterocycles. The van der Waals surface area contributed by atoms with Crippen LogP contribution in [0.3, 0.4) is 0 Å². The summed E-state index contributed by atoms with van der Waals surface area (Å²) in [6.07, 6.45) is 0. The fourth-order valence-corrected chi connectivity index (χ4v) is 2.36. The van der Waals surface area contributed by atoms with Crippen LogP contribution in [0.25, 0.3) is 0 Å². The molecule has 110 valence electrons. The predicted molar refractivity (Wildman–Crippen MR) is 86.7 cm³/mol. The summed E-state index contributed by atoms with van der Waals surface area (Å²) in [6.45, 7) is 4.19. The van der Waals surface area contributed by atoms with Gasteiger partial charge in [0.1, 0.15) is 5.75 Å². The van der Waals surface area contributed by atoms with Crippen LogP contribution in [0.4, 0.5) is 5.69 Å². The minimum atomic E-state index is -0.225. The number of halogens is 2. The summed E-state index contributed by atoms with van der Waals surface area (Å²) in [7, 11) is 0. The normalized spacial score (nSPS) is 10.5. The average molecular weight is 324 g/mol. The molecule has 2 aromatic rings. The van der Waals surface area contributed by atoms with Crippen molar-refractivity contribution >= 4 is 34.7 Å². The first-order chi connectivity index (χ1) is 9.93. The molecule has 0 saturated heterocycles. The first-order valence-corrected chi connectivity index (χ1v) is 7.22. The molecule has 0 heterocycles. The highest BCUT2D eigenvalue weighted by atomic mass is 35.5. The van der Waals surface area contributed by atoms with Gasteiger partial charge in [0.25, 0.3) is 0 Å². The molecule has 2 rings (SSSR count). The SMILES string of the molecule is CCOc1cc(Cl)c(C(=O)c2ccc(C)c(N)c2)cc1Cl. The molecule has 3 nitrogen and oxygen atoms in total. The quantitative estimate of drug-likeness (QED) is 0.665. The molecule has 0 aliphatic carbocycles. The van der Waals surface area contributed by atoms with Gasteiger partial charge in [-0.3, -0.25) is 4.79 Å². The Hall–Kier alpha value is -1.71. The van der Waals surface area contributed by atoms with Crippen LogP contribution in [0.2, 0.25) is 10.0 Å². The molecule has 0 fully saturated rings. The Balaban J connectivity index is 2.43. The van der Waals surface area contributed by atoms with E-state index in [2.05, 4.69) is 0 Å². The zero-order valence-corrected chi connectivity index (χ0v) is 13.3. The Labute approximate surface area is 133 Å². The van der Waals surface area contributed by atoms with E-state index < -0.39 is 0 Å². The van der Waals surface area contributed by atoms with Crippen LogP contribution >= 0.6 is 23.2 Å². The summed E-state index contributed by atoms with van der Waals surface area (Å²) in [5, 5.41) is 0.650. The fraction of sp³-hybridized carbons (Fsp3) is 0.188. The third-order valence-electron chi connectivity index (χ3n) is 3.11. The van der Waals surface area contributed by atoms with Crippen LogP contribution in [0, 0.1) is 6.92 Å². The second-order valence-corrected chi connectivity index (χ2v) is 5.41.